The molecule has 0 bridgehead atoms. The molecule has 0 aromatic heterocycles. The first kappa shape index (κ1) is 28.8. The Kier molecular flexibility index (Phi) is 6.49. The summed E-state index contributed by atoms with van der Waals surface area (Å²) in [6.45, 7) is 10.9. The van der Waals surface area contributed by atoms with E-state index in [0.717, 1.165) is 55.2 Å². The van der Waals surface area contributed by atoms with Gasteiger partial charge >= 0.3 is 0 Å². The van der Waals surface area contributed by atoms with Gasteiger partial charge < -0.3 is 30.5 Å². The summed E-state index contributed by atoms with van der Waals surface area (Å²) in [6.07, 6.45) is 6.03. The number of benzene rings is 2. The molecular formula is C36H42FN5O3. The van der Waals surface area contributed by atoms with Crippen LogP contribution in [0.5, 0.6) is 5.75 Å². The van der Waals surface area contributed by atoms with Gasteiger partial charge in [0.2, 0.25) is 0 Å². The first-order chi connectivity index (χ1) is 21.5. The Labute approximate surface area is 263 Å². The average Bonchev–Trinajstić information content (AvgIpc) is 3.39. The van der Waals surface area contributed by atoms with Crippen molar-refractivity contribution in [2.24, 2.45) is 5.92 Å². The molecule has 2 aromatic rings. The van der Waals surface area contributed by atoms with Crippen LogP contribution in [0, 0.1) is 5.92 Å². The second-order valence-electron chi connectivity index (χ2n) is 15.1. The van der Waals surface area contributed by atoms with Crippen LogP contribution in [0.3, 0.4) is 0 Å². The van der Waals surface area contributed by atoms with Gasteiger partial charge in [-0.25, -0.2) is 4.39 Å². The lowest BCUT2D eigenvalue weighted by atomic mass is 9.79. The number of hydrogen-bond donors (Lipinski definition) is 3. The molecular weight excluding hydrogens is 569 g/mol. The average molecular weight is 612 g/mol. The fourth-order valence-electron chi connectivity index (χ4n) is 9.08. The van der Waals surface area contributed by atoms with Crippen LogP contribution in [0.25, 0.3) is 10.8 Å². The molecule has 4 unspecified atom stereocenters. The van der Waals surface area contributed by atoms with Crippen molar-refractivity contribution >= 4 is 28.2 Å². The van der Waals surface area contributed by atoms with Crippen molar-refractivity contribution in [3.8, 4) is 5.75 Å². The number of fused-ring (bicyclic) bond motifs is 4. The first-order valence-corrected chi connectivity index (χ1v) is 16.4. The fraction of sp³-hybridized carbons (Fsp3) is 0.500. The molecule has 6 aliphatic rings. The SMILES string of the molecule is CC1(C)CC(NC(=O)C2=CN3c4cc5ccccc5cc4OC4C(N5CC6CCCNC6C5)=C(F)C=C(C2=O)C43)CC(C)(C)N1. The van der Waals surface area contributed by atoms with E-state index in [1.54, 1.807) is 6.20 Å². The number of allylic oxidation sites excluding steroid dienone is 2. The number of nitrogens with one attached hydrogen (secondary N) is 3. The summed E-state index contributed by atoms with van der Waals surface area (Å²) < 4.78 is 23.1. The molecule has 3 saturated heterocycles. The highest BCUT2D eigenvalue weighted by atomic mass is 19.1. The van der Waals surface area contributed by atoms with Gasteiger partial charge in [0.15, 0.2) is 11.9 Å². The Morgan fingerprint density at radius 3 is 2.53 bits per heavy atom. The predicted octanol–water partition coefficient (Wildman–Crippen LogP) is 4.47. The van der Waals surface area contributed by atoms with Crippen molar-refractivity contribution in [2.75, 3.05) is 24.5 Å². The highest BCUT2D eigenvalue weighted by molar-refractivity contribution is 6.27. The number of carbonyl (C=O) groups excluding carboxylic acids is 2. The summed E-state index contributed by atoms with van der Waals surface area (Å²) in [5.41, 5.74) is 1.20. The molecule has 9 heteroatoms. The third-order valence-electron chi connectivity index (χ3n) is 10.5. The van der Waals surface area contributed by atoms with Crippen LogP contribution in [0.15, 0.2) is 71.3 Å². The van der Waals surface area contributed by atoms with E-state index in [4.69, 9.17) is 4.74 Å². The standard InChI is InChI=1S/C36H42FN5O3/c1-35(2)15-23(16-36(3,4)40-35)39-34(44)25-18-42-28-12-20-8-5-6-9-21(20)13-29(28)45-33-30(42)24(32(25)43)14-26(37)31(33)41-17-22-10-7-11-38-27(22)19-41/h5-6,8-9,12-14,18,22-23,27,30,33,38,40H,7,10-11,15-17,19H2,1-4H3,(H,39,44). The van der Waals surface area contributed by atoms with E-state index < -0.39 is 29.7 Å². The number of anilines is 1. The van der Waals surface area contributed by atoms with Crippen molar-refractivity contribution in [3.05, 3.63) is 71.3 Å². The highest BCUT2D eigenvalue weighted by Crippen LogP contribution is 2.48. The number of nitrogens with zero attached hydrogens (tertiary/aromatic N) is 2. The Hall–Kier alpha value is -3.69. The summed E-state index contributed by atoms with van der Waals surface area (Å²) in [5, 5.41) is 12.5. The van der Waals surface area contributed by atoms with E-state index in [1.165, 1.54) is 6.08 Å². The van der Waals surface area contributed by atoms with Crippen LogP contribution in [0.4, 0.5) is 10.1 Å². The van der Waals surface area contributed by atoms with Gasteiger partial charge in [-0.15, -0.1) is 0 Å². The molecule has 3 fully saturated rings. The number of amides is 1. The molecule has 5 aliphatic heterocycles. The summed E-state index contributed by atoms with van der Waals surface area (Å²) >= 11 is 0. The second kappa shape index (κ2) is 10.2. The number of hydrogen-bond acceptors (Lipinski definition) is 7. The van der Waals surface area contributed by atoms with Crippen LogP contribution in [-0.2, 0) is 9.59 Å². The summed E-state index contributed by atoms with van der Waals surface area (Å²) in [6, 6.07) is 11.7. The van der Waals surface area contributed by atoms with Crippen molar-refractivity contribution in [1.29, 1.82) is 0 Å². The molecule has 4 atom stereocenters. The molecule has 0 spiro atoms. The maximum atomic E-state index is 16.4. The van der Waals surface area contributed by atoms with Crippen LogP contribution < -0.4 is 25.6 Å². The van der Waals surface area contributed by atoms with Gasteiger partial charge in [0, 0.05) is 48.0 Å². The number of ether oxygens (including phenoxy) is 1. The van der Waals surface area contributed by atoms with Crippen molar-refractivity contribution in [1.82, 2.24) is 20.9 Å². The minimum absolute atomic E-state index is 0.0269. The number of ketones is 1. The monoisotopic (exact) mass is 611 g/mol. The van der Waals surface area contributed by atoms with E-state index in [9.17, 15) is 9.59 Å². The van der Waals surface area contributed by atoms with E-state index in [2.05, 4.69) is 48.5 Å². The summed E-state index contributed by atoms with van der Waals surface area (Å²) in [7, 11) is 0. The van der Waals surface area contributed by atoms with Gasteiger partial charge in [-0.2, -0.15) is 0 Å². The lowest BCUT2D eigenvalue weighted by Gasteiger charge is -2.48. The number of Topliss-reactive ketones (excluding diaryl/α,β-unsaturated/α-hetero) is 1. The molecule has 0 saturated carbocycles. The molecule has 2 aromatic carbocycles. The zero-order valence-electron chi connectivity index (χ0n) is 26.5. The molecule has 0 radical (unpaired) electrons. The van der Waals surface area contributed by atoms with E-state index >= 15 is 4.39 Å². The smallest absolute Gasteiger partial charge is 0.256 e. The number of rotatable bonds is 3. The first-order valence-electron chi connectivity index (χ1n) is 16.4. The molecule has 45 heavy (non-hydrogen) atoms. The van der Waals surface area contributed by atoms with Crippen LogP contribution in [0.2, 0.25) is 0 Å². The Balaban J connectivity index is 1.21. The number of likely N-dealkylation sites (tertiary alicyclic amines) is 1. The molecule has 3 N–H and O–H groups in total. The van der Waals surface area contributed by atoms with Gasteiger partial charge in [-0.1, -0.05) is 24.3 Å². The third kappa shape index (κ3) is 4.86. The molecule has 8 rings (SSSR count). The van der Waals surface area contributed by atoms with Gasteiger partial charge in [0.05, 0.1) is 11.4 Å². The summed E-state index contributed by atoms with van der Waals surface area (Å²) in [4.78, 5) is 32.2. The van der Waals surface area contributed by atoms with Crippen LogP contribution >= 0.6 is 0 Å². The molecule has 236 valence electrons. The zero-order valence-corrected chi connectivity index (χ0v) is 26.5. The number of piperidine rings is 2. The lowest BCUT2D eigenvalue weighted by Crippen LogP contribution is -2.62. The van der Waals surface area contributed by atoms with Crippen molar-refractivity contribution in [2.45, 2.75) is 88.7 Å². The highest BCUT2D eigenvalue weighted by Gasteiger charge is 2.52. The van der Waals surface area contributed by atoms with Crippen LogP contribution in [0.1, 0.15) is 53.4 Å². The van der Waals surface area contributed by atoms with Gasteiger partial charge in [-0.05, 0) is 94.8 Å². The zero-order chi connectivity index (χ0) is 31.2. The summed E-state index contributed by atoms with van der Waals surface area (Å²) in [5.74, 6) is -0.249. The third-order valence-corrected chi connectivity index (χ3v) is 10.5. The molecule has 1 aliphatic carbocycles. The van der Waals surface area contributed by atoms with Gasteiger partial charge in [0.25, 0.3) is 5.91 Å². The Bertz CT molecular complexity index is 1680. The topological polar surface area (TPSA) is 85.9 Å². The second-order valence-corrected chi connectivity index (χ2v) is 15.1. The normalized spacial score (nSPS) is 30.2. The van der Waals surface area contributed by atoms with Crippen molar-refractivity contribution < 1.29 is 18.7 Å². The maximum absolute atomic E-state index is 16.4. The van der Waals surface area contributed by atoms with Gasteiger partial charge in [-0.3, -0.25) is 9.59 Å². The fourth-order valence-corrected chi connectivity index (χ4v) is 9.08. The minimum atomic E-state index is -0.727. The minimum Gasteiger partial charge on any atom is -0.479 e. The van der Waals surface area contributed by atoms with E-state index in [0.29, 0.717) is 30.0 Å². The van der Waals surface area contributed by atoms with Gasteiger partial charge in [0.1, 0.15) is 23.2 Å². The van der Waals surface area contributed by atoms with Crippen LogP contribution in [-0.4, -0.2) is 71.5 Å². The van der Waals surface area contributed by atoms with E-state index in [1.807, 2.05) is 41.3 Å². The van der Waals surface area contributed by atoms with E-state index in [-0.39, 0.29) is 28.3 Å². The van der Waals surface area contributed by atoms with Crippen molar-refractivity contribution in [3.63, 3.8) is 0 Å². The number of carbonyl (C=O) groups is 2. The molecule has 5 heterocycles. The lowest BCUT2D eigenvalue weighted by molar-refractivity contribution is -0.122. The predicted molar refractivity (Wildman–Crippen MR) is 172 cm³/mol. The Morgan fingerprint density at radius 1 is 1.07 bits per heavy atom. The quantitative estimate of drug-likeness (QED) is 0.442. The molecule has 8 nitrogen and oxygen atoms in total. The molecule has 1 amide bonds. The largest absolute Gasteiger partial charge is 0.479 e. The maximum Gasteiger partial charge on any atom is 0.256 e. The number of halogens is 1. The Morgan fingerprint density at radius 2 is 1.80 bits per heavy atom.